The highest BCUT2D eigenvalue weighted by Gasteiger charge is 2.27. The number of esters is 2. The van der Waals surface area contributed by atoms with Gasteiger partial charge in [0.05, 0.1) is 6.04 Å². The smallest absolute Gasteiger partial charge is 0.328 e. The van der Waals surface area contributed by atoms with Gasteiger partial charge in [-0.3, -0.25) is 9.59 Å². The summed E-state index contributed by atoms with van der Waals surface area (Å²) in [5.74, 6) is -1.07. The third kappa shape index (κ3) is 20.5. The molecule has 2 rings (SSSR count). The summed E-state index contributed by atoms with van der Waals surface area (Å²) in [5.41, 5.74) is 1.72. The Bertz CT molecular complexity index is 1100. The van der Waals surface area contributed by atoms with Crippen molar-refractivity contribution in [1.29, 1.82) is 0 Å². The van der Waals surface area contributed by atoms with Gasteiger partial charge in [0.1, 0.15) is 19.3 Å². The third-order valence-electron chi connectivity index (χ3n) is 8.62. The predicted octanol–water partition coefficient (Wildman–Crippen LogP) is 8.89. The van der Waals surface area contributed by atoms with Crippen LogP contribution in [0.3, 0.4) is 0 Å². The summed E-state index contributed by atoms with van der Waals surface area (Å²) < 4.78 is 10.9. The molecule has 0 spiro atoms. The van der Waals surface area contributed by atoms with E-state index in [2.05, 4.69) is 30.2 Å². The summed E-state index contributed by atoms with van der Waals surface area (Å²) in [6.45, 7) is 3.21. The van der Waals surface area contributed by atoms with E-state index in [9.17, 15) is 14.4 Å². The van der Waals surface area contributed by atoms with Gasteiger partial charge in [0.15, 0.2) is 0 Å². The fourth-order valence-corrected chi connectivity index (χ4v) is 5.91. The molecule has 2 atom stereocenters. The third-order valence-corrected chi connectivity index (χ3v) is 8.99. The molecule has 0 unspecified atom stereocenters. The highest BCUT2D eigenvalue weighted by molar-refractivity contribution is 7.80. The van der Waals surface area contributed by atoms with Crippen molar-refractivity contribution in [3.63, 3.8) is 0 Å². The van der Waals surface area contributed by atoms with Crippen LogP contribution < -0.4 is 10.6 Å². The molecular weight excluding hydrogens is 621 g/mol. The maximum absolute atomic E-state index is 13.2. The fourth-order valence-electron chi connectivity index (χ4n) is 5.61. The molecule has 0 saturated carbocycles. The minimum atomic E-state index is -0.981. The lowest BCUT2D eigenvalue weighted by Gasteiger charge is -2.22. The molecule has 0 aromatic heterocycles. The first-order valence-electron chi connectivity index (χ1n) is 18.6. The number of hydrogen-bond donors (Lipinski definition) is 3. The van der Waals surface area contributed by atoms with Gasteiger partial charge in [-0.1, -0.05) is 164 Å². The number of carbonyl (C=O) groups is 3. The van der Waals surface area contributed by atoms with Gasteiger partial charge in [-0.2, -0.15) is 12.6 Å². The number of hydrogen-bond acceptors (Lipinski definition) is 7. The quantitative estimate of drug-likeness (QED) is 0.0451. The number of thiol groups is 1. The summed E-state index contributed by atoms with van der Waals surface area (Å²) in [4.78, 5) is 38.7. The van der Waals surface area contributed by atoms with Gasteiger partial charge in [0.25, 0.3) is 0 Å². The molecule has 7 nitrogen and oxygen atoms in total. The molecule has 0 bridgehead atoms. The van der Waals surface area contributed by atoms with Crippen molar-refractivity contribution < 1.29 is 23.9 Å². The molecule has 0 fully saturated rings. The first-order valence-corrected chi connectivity index (χ1v) is 19.2. The zero-order valence-electron chi connectivity index (χ0n) is 29.5. The van der Waals surface area contributed by atoms with E-state index >= 15 is 0 Å². The Morgan fingerprint density at radius 3 is 1.56 bits per heavy atom. The highest BCUT2D eigenvalue weighted by atomic mass is 32.1. The predicted molar refractivity (Wildman–Crippen MR) is 199 cm³/mol. The van der Waals surface area contributed by atoms with Gasteiger partial charge in [-0.05, 0) is 30.5 Å². The summed E-state index contributed by atoms with van der Waals surface area (Å²) in [6.07, 6.45) is 21.1. The van der Waals surface area contributed by atoms with Crippen molar-refractivity contribution in [3.05, 3.63) is 71.8 Å². The maximum Gasteiger partial charge on any atom is 0.328 e. The molecular formula is C40H62N2O5S. The number of rotatable bonds is 29. The van der Waals surface area contributed by atoms with Crippen LogP contribution in [-0.4, -0.2) is 42.2 Å². The molecule has 0 aliphatic heterocycles. The number of nitrogens with one attached hydrogen (secondary N) is 2. The summed E-state index contributed by atoms with van der Waals surface area (Å²) in [6, 6.07) is 17.2. The lowest BCUT2D eigenvalue weighted by atomic mass is 10.0. The minimum absolute atomic E-state index is 0.0314. The van der Waals surface area contributed by atoms with Crippen molar-refractivity contribution in [2.45, 2.75) is 148 Å². The molecule has 0 saturated heterocycles. The van der Waals surface area contributed by atoms with Gasteiger partial charge in [-0.25, -0.2) is 4.79 Å². The van der Waals surface area contributed by atoms with Gasteiger partial charge < -0.3 is 20.1 Å². The first-order chi connectivity index (χ1) is 23.5. The Morgan fingerprint density at radius 2 is 1.08 bits per heavy atom. The minimum Gasteiger partial charge on any atom is -0.461 e. The lowest BCUT2D eigenvalue weighted by molar-refractivity contribution is -0.150. The van der Waals surface area contributed by atoms with Crippen molar-refractivity contribution in [1.82, 2.24) is 10.6 Å². The van der Waals surface area contributed by atoms with E-state index in [1.54, 1.807) is 0 Å². The SMILES string of the molecule is CCCCCCCCCCCCCCCCCCN[C@H](CS)C(=O)N[C@@H](CCC(=O)OCc1ccccc1)C(=O)OCc1ccccc1. The Labute approximate surface area is 296 Å². The number of ether oxygens (including phenoxy) is 2. The monoisotopic (exact) mass is 682 g/mol. The van der Waals surface area contributed by atoms with Crippen LogP contribution in [0.4, 0.5) is 0 Å². The largest absolute Gasteiger partial charge is 0.461 e. The van der Waals surface area contributed by atoms with Crippen molar-refractivity contribution in [2.75, 3.05) is 12.3 Å². The molecule has 2 aromatic rings. The van der Waals surface area contributed by atoms with Gasteiger partial charge >= 0.3 is 11.9 Å². The lowest BCUT2D eigenvalue weighted by Crippen LogP contribution is -2.51. The van der Waals surface area contributed by atoms with E-state index in [0.29, 0.717) is 6.54 Å². The van der Waals surface area contributed by atoms with Crippen LogP contribution in [0, 0.1) is 0 Å². The van der Waals surface area contributed by atoms with E-state index in [0.717, 1.165) is 24.0 Å². The average Bonchev–Trinajstić information content (AvgIpc) is 3.11. The molecule has 0 aliphatic carbocycles. The summed E-state index contributed by atoms with van der Waals surface area (Å²) in [5, 5.41) is 6.10. The molecule has 8 heteroatoms. The van der Waals surface area contributed by atoms with Crippen LogP contribution in [0.15, 0.2) is 60.7 Å². The second-order valence-corrected chi connectivity index (χ2v) is 13.2. The van der Waals surface area contributed by atoms with E-state index < -0.39 is 24.0 Å². The van der Waals surface area contributed by atoms with E-state index in [-0.39, 0.29) is 37.7 Å². The highest BCUT2D eigenvalue weighted by Crippen LogP contribution is 2.14. The van der Waals surface area contributed by atoms with Crippen LogP contribution in [0.5, 0.6) is 0 Å². The Morgan fingerprint density at radius 1 is 0.625 bits per heavy atom. The standard InChI is InChI=1S/C40H62N2O5S/c1-2-3-4-5-6-7-8-9-10-11-12-13-14-15-16-23-30-41-37(33-48)39(44)42-36(40(45)47-32-35-26-21-18-22-27-35)28-29-38(43)46-31-34-24-19-17-20-25-34/h17-22,24-27,36-37,41,48H,2-16,23,28-33H2,1H3,(H,42,44)/t36-,37+/m0/s1. The zero-order valence-corrected chi connectivity index (χ0v) is 30.4. The number of amides is 1. The van der Waals surface area contributed by atoms with Crippen LogP contribution in [-0.2, 0) is 37.1 Å². The van der Waals surface area contributed by atoms with Crippen LogP contribution in [0.25, 0.3) is 0 Å². The van der Waals surface area contributed by atoms with Crippen molar-refractivity contribution in [3.8, 4) is 0 Å². The van der Waals surface area contributed by atoms with Crippen LogP contribution >= 0.6 is 12.6 Å². The van der Waals surface area contributed by atoms with Gasteiger partial charge in [0, 0.05) is 12.2 Å². The number of carbonyl (C=O) groups excluding carboxylic acids is 3. The number of benzene rings is 2. The Kier molecular flexibility index (Phi) is 24.1. The summed E-state index contributed by atoms with van der Waals surface area (Å²) in [7, 11) is 0. The molecule has 268 valence electrons. The van der Waals surface area contributed by atoms with Crippen LogP contribution in [0.2, 0.25) is 0 Å². The maximum atomic E-state index is 13.2. The van der Waals surface area contributed by atoms with Gasteiger partial charge in [-0.15, -0.1) is 0 Å². The molecule has 48 heavy (non-hydrogen) atoms. The topological polar surface area (TPSA) is 93.7 Å². The van der Waals surface area contributed by atoms with E-state index in [4.69, 9.17) is 9.47 Å². The molecule has 0 radical (unpaired) electrons. The van der Waals surface area contributed by atoms with E-state index in [1.165, 1.54) is 89.9 Å². The molecule has 0 aliphatic rings. The first kappa shape index (κ1) is 41.3. The second kappa shape index (κ2) is 28.0. The fraction of sp³-hybridized carbons (Fsp3) is 0.625. The molecule has 1 amide bonds. The normalized spacial score (nSPS) is 12.3. The average molecular weight is 683 g/mol. The molecule has 2 N–H and O–H groups in total. The Balaban J connectivity index is 1.65. The number of unbranched alkanes of at least 4 members (excludes halogenated alkanes) is 15. The summed E-state index contributed by atoms with van der Waals surface area (Å²) >= 11 is 4.39. The Hall–Kier alpha value is -2.84. The van der Waals surface area contributed by atoms with Gasteiger partial charge in [0.2, 0.25) is 5.91 Å². The second-order valence-electron chi connectivity index (χ2n) is 12.8. The zero-order chi connectivity index (χ0) is 34.5. The van der Waals surface area contributed by atoms with Crippen molar-refractivity contribution in [2.24, 2.45) is 0 Å². The molecule has 2 aromatic carbocycles. The van der Waals surface area contributed by atoms with Crippen molar-refractivity contribution >= 4 is 30.5 Å². The van der Waals surface area contributed by atoms with E-state index in [1.807, 2.05) is 60.7 Å². The molecule has 0 heterocycles. The van der Waals surface area contributed by atoms with Crippen LogP contribution in [0.1, 0.15) is 134 Å².